The van der Waals surface area contributed by atoms with Gasteiger partial charge in [0.25, 0.3) is 0 Å². The van der Waals surface area contributed by atoms with Crippen LogP contribution < -0.4 is 10.1 Å². The van der Waals surface area contributed by atoms with E-state index in [1.54, 1.807) is 29.1 Å². The zero-order valence-corrected chi connectivity index (χ0v) is 11.7. The Labute approximate surface area is 116 Å². The number of nitrogens with zero attached hydrogens (tertiary/aromatic N) is 1. The molecule has 0 amide bonds. The molecule has 5 heteroatoms. The van der Waals surface area contributed by atoms with Crippen LogP contribution in [0.1, 0.15) is 23.8 Å². The lowest BCUT2D eigenvalue weighted by atomic mass is 10.2. The molecule has 0 aliphatic rings. The minimum atomic E-state index is -0.238. The maximum Gasteiger partial charge on any atom is 0.124 e. The van der Waals surface area contributed by atoms with Crippen molar-refractivity contribution in [1.29, 1.82) is 0 Å². The van der Waals surface area contributed by atoms with Gasteiger partial charge in [0, 0.05) is 18.3 Å². The largest absolute Gasteiger partial charge is 0.488 e. The van der Waals surface area contributed by atoms with E-state index in [4.69, 9.17) is 4.74 Å². The van der Waals surface area contributed by atoms with Crippen LogP contribution in [0.4, 0.5) is 4.39 Å². The van der Waals surface area contributed by atoms with Crippen LogP contribution in [0.5, 0.6) is 5.75 Å². The van der Waals surface area contributed by atoms with Crippen molar-refractivity contribution < 1.29 is 9.13 Å². The second-order valence-corrected chi connectivity index (χ2v) is 5.16. The van der Waals surface area contributed by atoms with Gasteiger partial charge in [0.05, 0.1) is 10.4 Å². The van der Waals surface area contributed by atoms with Crippen LogP contribution in [0, 0.1) is 5.82 Å². The van der Waals surface area contributed by atoms with Crippen LogP contribution >= 0.6 is 11.3 Å². The molecule has 0 atom stereocenters. The van der Waals surface area contributed by atoms with Crippen LogP contribution in [-0.2, 0) is 13.2 Å². The first-order valence-corrected chi connectivity index (χ1v) is 7.17. The molecule has 2 aromatic rings. The van der Waals surface area contributed by atoms with E-state index in [0.29, 0.717) is 13.2 Å². The summed E-state index contributed by atoms with van der Waals surface area (Å²) in [7, 11) is 0. The zero-order chi connectivity index (χ0) is 13.5. The third-order valence-electron chi connectivity index (χ3n) is 2.62. The van der Waals surface area contributed by atoms with Gasteiger partial charge >= 0.3 is 0 Å². The molecule has 0 saturated heterocycles. The molecule has 1 heterocycles. The van der Waals surface area contributed by atoms with Crippen molar-refractivity contribution in [2.75, 3.05) is 6.54 Å². The topological polar surface area (TPSA) is 34.1 Å². The van der Waals surface area contributed by atoms with Crippen LogP contribution in [0.25, 0.3) is 0 Å². The highest BCUT2D eigenvalue weighted by atomic mass is 32.1. The Kier molecular flexibility index (Phi) is 5.30. The summed E-state index contributed by atoms with van der Waals surface area (Å²) < 4.78 is 19.0. The van der Waals surface area contributed by atoms with Gasteiger partial charge in [-0.1, -0.05) is 6.92 Å². The molecule has 1 aromatic heterocycles. The Balaban J connectivity index is 2.01. The van der Waals surface area contributed by atoms with Crippen molar-refractivity contribution in [3.05, 3.63) is 46.2 Å². The fourth-order valence-corrected chi connectivity index (χ4v) is 2.19. The maximum absolute atomic E-state index is 13.3. The lowest BCUT2D eigenvalue weighted by Crippen LogP contribution is -2.14. The zero-order valence-electron chi connectivity index (χ0n) is 10.9. The lowest BCUT2D eigenvalue weighted by molar-refractivity contribution is 0.305. The first-order chi connectivity index (χ1) is 9.29. The number of hydrogen-bond acceptors (Lipinski definition) is 4. The van der Waals surface area contributed by atoms with Crippen molar-refractivity contribution in [3.63, 3.8) is 0 Å². The molecule has 0 unspecified atom stereocenters. The van der Waals surface area contributed by atoms with Gasteiger partial charge in [-0.25, -0.2) is 4.39 Å². The standard InChI is InChI=1S/C14H17FN2OS/c1-2-5-16-7-11-6-12(15)3-4-14(11)18-9-13-8-17-10-19-13/h3-4,6,8,10,16H,2,5,7,9H2,1H3. The Morgan fingerprint density at radius 3 is 3.05 bits per heavy atom. The van der Waals surface area contributed by atoms with E-state index in [0.717, 1.165) is 29.2 Å². The van der Waals surface area contributed by atoms with Crippen molar-refractivity contribution in [2.24, 2.45) is 0 Å². The van der Waals surface area contributed by atoms with E-state index < -0.39 is 0 Å². The van der Waals surface area contributed by atoms with Gasteiger partial charge in [-0.3, -0.25) is 4.98 Å². The first-order valence-electron chi connectivity index (χ1n) is 6.29. The van der Waals surface area contributed by atoms with Gasteiger partial charge < -0.3 is 10.1 Å². The summed E-state index contributed by atoms with van der Waals surface area (Å²) in [4.78, 5) is 5.05. The predicted molar refractivity (Wildman–Crippen MR) is 74.8 cm³/mol. The lowest BCUT2D eigenvalue weighted by Gasteiger charge is -2.11. The van der Waals surface area contributed by atoms with Crippen LogP contribution in [0.3, 0.4) is 0 Å². The molecule has 1 N–H and O–H groups in total. The second-order valence-electron chi connectivity index (χ2n) is 4.19. The van der Waals surface area contributed by atoms with E-state index in [-0.39, 0.29) is 5.82 Å². The number of halogens is 1. The van der Waals surface area contributed by atoms with Crippen molar-refractivity contribution in [1.82, 2.24) is 10.3 Å². The Morgan fingerprint density at radius 2 is 2.32 bits per heavy atom. The summed E-state index contributed by atoms with van der Waals surface area (Å²) in [6, 6.07) is 4.62. The number of thiazole rings is 1. The third kappa shape index (κ3) is 4.29. The summed E-state index contributed by atoms with van der Waals surface area (Å²) >= 11 is 1.55. The Morgan fingerprint density at radius 1 is 1.42 bits per heavy atom. The maximum atomic E-state index is 13.3. The fourth-order valence-electron chi connectivity index (χ4n) is 1.69. The molecule has 0 aliphatic heterocycles. The van der Waals surface area contributed by atoms with Crippen molar-refractivity contribution in [3.8, 4) is 5.75 Å². The number of ether oxygens (including phenoxy) is 1. The number of aromatic nitrogens is 1. The number of rotatable bonds is 7. The SMILES string of the molecule is CCCNCc1cc(F)ccc1OCc1cncs1. The fraction of sp³-hybridized carbons (Fsp3) is 0.357. The summed E-state index contributed by atoms with van der Waals surface area (Å²) in [6.07, 6.45) is 2.83. The first kappa shape index (κ1) is 14.0. The molecule has 0 spiro atoms. The minimum Gasteiger partial charge on any atom is -0.488 e. The van der Waals surface area contributed by atoms with Crippen molar-refractivity contribution >= 4 is 11.3 Å². The minimum absolute atomic E-state index is 0.238. The molecule has 0 radical (unpaired) electrons. The summed E-state index contributed by atoms with van der Waals surface area (Å²) in [5.41, 5.74) is 2.62. The van der Waals surface area contributed by atoms with Gasteiger partial charge in [-0.2, -0.15) is 0 Å². The molecule has 0 saturated carbocycles. The average molecular weight is 280 g/mol. The molecule has 2 rings (SSSR count). The molecule has 0 fully saturated rings. The van der Waals surface area contributed by atoms with Gasteiger partial charge in [-0.05, 0) is 31.2 Å². The molecular weight excluding hydrogens is 263 g/mol. The van der Waals surface area contributed by atoms with Crippen molar-refractivity contribution in [2.45, 2.75) is 26.5 Å². The van der Waals surface area contributed by atoms with E-state index in [1.165, 1.54) is 12.1 Å². The normalized spacial score (nSPS) is 10.6. The molecule has 0 aliphatic carbocycles. The summed E-state index contributed by atoms with van der Waals surface area (Å²) in [6.45, 7) is 4.09. The quantitative estimate of drug-likeness (QED) is 0.790. The third-order valence-corrected chi connectivity index (χ3v) is 3.37. The molecule has 1 aromatic carbocycles. The highest BCUT2D eigenvalue weighted by molar-refractivity contribution is 7.09. The predicted octanol–water partition coefficient (Wildman–Crippen LogP) is 3.36. The molecule has 3 nitrogen and oxygen atoms in total. The van der Waals surface area contributed by atoms with Gasteiger partial charge in [0.15, 0.2) is 0 Å². The van der Waals surface area contributed by atoms with Gasteiger partial charge in [0.1, 0.15) is 18.2 Å². The van der Waals surface area contributed by atoms with E-state index in [1.807, 2.05) is 0 Å². The van der Waals surface area contributed by atoms with Crippen LogP contribution in [0.15, 0.2) is 29.9 Å². The van der Waals surface area contributed by atoms with Crippen LogP contribution in [0.2, 0.25) is 0 Å². The number of benzene rings is 1. The number of hydrogen-bond donors (Lipinski definition) is 1. The highest BCUT2D eigenvalue weighted by Crippen LogP contribution is 2.21. The summed E-state index contributed by atoms with van der Waals surface area (Å²) in [5.74, 6) is 0.483. The van der Waals surface area contributed by atoms with E-state index in [2.05, 4.69) is 17.2 Å². The monoisotopic (exact) mass is 280 g/mol. The number of nitrogens with one attached hydrogen (secondary N) is 1. The Bertz CT molecular complexity index is 502. The molecule has 0 bridgehead atoms. The Hall–Kier alpha value is -1.46. The van der Waals surface area contributed by atoms with Crippen LogP contribution in [-0.4, -0.2) is 11.5 Å². The smallest absolute Gasteiger partial charge is 0.124 e. The van der Waals surface area contributed by atoms with Gasteiger partial charge in [-0.15, -0.1) is 11.3 Å². The molecule has 19 heavy (non-hydrogen) atoms. The van der Waals surface area contributed by atoms with Gasteiger partial charge in [0.2, 0.25) is 0 Å². The van der Waals surface area contributed by atoms with E-state index in [9.17, 15) is 4.39 Å². The van der Waals surface area contributed by atoms with E-state index >= 15 is 0 Å². The second kappa shape index (κ2) is 7.21. The highest BCUT2D eigenvalue weighted by Gasteiger charge is 2.06. The summed E-state index contributed by atoms with van der Waals surface area (Å²) in [5, 5.41) is 3.26. The molecular formula is C14H17FN2OS. The average Bonchev–Trinajstić information content (AvgIpc) is 2.91. The molecule has 102 valence electrons.